The Morgan fingerprint density at radius 2 is 1.92 bits per heavy atom. The first-order valence-electron chi connectivity index (χ1n) is 3.43. The molecule has 0 aliphatic heterocycles. The van der Waals surface area contributed by atoms with Gasteiger partial charge in [-0.1, -0.05) is 17.7 Å². The van der Waals surface area contributed by atoms with E-state index in [0.29, 0.717) is 11.9 Å². The lowest BCUT2D eigenvalue weighted by Gasteiger charge is -2.02. The molecule has 0 amide bonds. The first kappa shape index (κ1) is 11.2. The summed E-state index contributed by atoms with van der Waals surface area (Å²) in [4.78, 5) is 0. The molecule has 0 saturated heterocycles. The predicted octanol–water partition coefficient (Wildman–Crippen LogP) is 3.76. The minimum Gasteiger partial charge on any atom is -0.216 e. The molecular formula is C8H10F4. The molecule has 0 aromatic carbocycles. The van der Waals surface area contributed by atoms with Crippen molar-refractivity contribution >= 4 is 0 Å². The molecule has 0 aromatic heterocycles. The van der Waals surface area contributed by atoms with E-state index in [4.69, 9.17) is 0 Å². The summed E-state index contributed by atoms with van der Waals surface area (Å²) in [5, 5.41) is 0. The maximum Gasteiger partial charge on any atom is 0.392 e. The van der Waals surface area contributed by atoms with Gasteiger partial charge in [0.25, 0.3) is 0 Å². The monoisotopic (exact) mass is 182 g/mol. The first-order valence-corrected chi connectivity index (χ1v) is 3.43. The average Bonchev–Trinajstić information content (AvgIpc) is 1.95. The summed E-state index contributed by atoms with van der Waals surface area (Å²) in [5.74, 6) is 0. The topological polar surface area (TPSA) is 0 Å². The lowest BCUT2D eigenvalue weighted by Crippen LogP contribution is -2.04. The molecular weight excluding hydrogens is 172 g/mol. The van der Waals surface area contributed by atoms with Crippen molar-refractivity contribution in [2.45, 2.75) is 25.9 Å². The quantitative estimate of drug-likeness (QED) is 0.460. The van der Waals surface area contributed by atoms with Gasteiger partial charge in [0.05, 0.1) is 12.8 Å². The molecule has 0 bridgehead atoms. The standard InChI is InChI=1S/C8H10F4/c1-7(3-2-6-9)4-5-8(10,11)12/h2,4,6H,3,5H2,1H3/b6-2+,7-4+. The largest absolute Gasteiger partial charge is 0.392 e. The molecule has 4 heteroatoms. The molecule has 0 radical (unpaired) electrons. The predicted molar refractivity (Wildman–Crippen MR) is 39.3 cm³/mol. The summed E-state index contributed by atoms with van der Waals surface area (Å²) in [5.41, 5.74) is 0.515. The maximum absolute atomic E-state index is 11.6. The van der Waals surface area contributed by atoms with Gasteiger partial charge in [0.2, 0.25) is 0 Å². The first-order chi connectivity index (χ1) is 5.45. The number of allylic oxidation sites excluding steroid dienone is 3. The summed E-state index contributed by atoms with van der Waals surface area (Å²) in [7, 11) is 0. The molecule has 12 heavy (non-hydrogen) atoms. The van der Waals surface area contributed by atoms with Crippen LogP contribution in [0.25, 0.3) is 0 Å². The van der Waals surface area contributed by atoms with Gasteiger partial charge in [0.1, 0.15) is 0 Å². The van der Waals surface area contributed by atoms with Crippen LogP contribution in [0.2, 0.25) is 0 Å². The highest BCUT2D eigenvalue weighted by Crippen LogP contribution is 2.21. The van der Waals surface area contributed by atoms with Crippen LogP contribution in [0.3, 0.4) is 0 Å². The second kappa shape index (κ2) is 4.95. The van der Waals surface area contributed by atoms with Gasteiger partial charge < -0.3 is 0 Å². The van der Waals surface area contributed by atoms with E-state index in [9.17, 15) is 17.6 Å². The number of halogens is 4. The Balaban J connectivity index is 3.84. The van der Waals surface area contributed by atoms with Gasteiger partial charge >= 0.3 is 6.18 Å². The molecule has 70 valence electrons. The van der Waals surface area contributed by atoms with Crippen LogP contribution in [0.5, 0.6) is 0 Å². The Labute approximate surface area is 68.6 Å². The van der Waals surface area contributed by atoms with Crippen LogP contribution < -0.4 is 0 Å². The number of alkyl halides is 3. The van der Waals surface area contributed by atoms with E-state index in [0.717, 1.165) is 6.08 Å². The zero-order valence-electron chi connectivity index (χ0n) is 6.66. The van der Waals surface area contributed by atoms with Crippen molar-refractivity contribution in [3.63, 3.8) is 0 Å². The van der Waals surface area contributed by atoms with Crippen LogP contribution >= 0.6 is 0 Å². The molecule has 0 aromatic rings. The van der Waals surface area contributed by atoms with E-state index >= 15 is 0 Å². The van der Waals surface area contributed by atoms with Crippen molar-refractivity contribution in [2.75, 3.05) is 0 Å². The van der Waals surface area contributed by atoms with E-state index in [2.05, 4.69) is 0 Å². The number of rotatable bonds is 3. The van der Waals surface area contributed by atoms with Crippen LogP contribution in [-0.2, 0) is 0 Å². The van der Waals surface area contributed by atoms with Crippen LogP contribution in [0.15, 0.2) is 24.1 Å². The summed E-state index contributed by atoms with van der Waals surface area (Å²) in [6.45, 7) is 1.53. The minimum absolute atomic E-state index is 0.229. The number of hydrogen-bond donors (Lipinski definition) is 0. The Hall–Kier alpha value is -0.800. The lowest BCUT2D eigenvalue weighted by atomic mass is 10.2. The molecule has 0 N–H and O–H groups in total. The van der Waals surface area contributed by atoms with E-state index in [1.807, 2.05) is 0 Å². The van der Waals surface area contributed by atoms with Crippen LogP contribution in [0.4, 0.5) is 17.6 Å². The fourth-order valence-corrected chi connectivity index (χ4v) is 0.604. The molecule has 0 spiro atoms. The van der Waals surface area contributed by atoms with Crippen molar-refractivity contribution in [3.8, 4) is 0 Å². The van der Waals surface area contributed by atoms with Crippen LogP contribution in [0.1, 0.15) is 19.8 Å². The molecule has 0 nitrogen and oxygen atoms in total. The second-order valence-electron chi connectivity index (χ2n) is 2.44. The molecule has 0 aliphatic carbocycles. The zero-order valence-corrected chi connectivity index (χ0v) is 6.66. The summed E-state index contributed by atoms with van der Waals surface area (Å²) >= 11 is 0. The molecule has 0 atom stereocenters. The molecule has 0 saturated carbocycles. The van der Waals surface area contributed by atoms with Gasteiger partial charge in [-0.2, -0.15) is 13.2 Å². The van der Waals surface area contributed by atoms with Crippen molar-refractivity contribution in [1.82, 2.24) is 0 Å². The molecule has 0 fully saturated rings. The molecule has 0 unspecified atom stereocenters. The average molecular weight is 182 g/mol. The highest BCUT2D eigenvalue weighted by Gasteiger charge is 2.24. The summed E-state index contributed by atoms with van der Waals surface area (Å²) in [6, 6.07) is 0. The normalized spacial score (nSPS) is 14.2. The Bertz CT molecular complexity index is 176. The van der Waals surface area contributed by atoms with Gasteiger partial charge in [-0.05, 0) is 13.3 Å². The van der Waals surface area contributed by atoms with Crippen LogP contribution in [0, 0.1) is 0 Å². The van der Waals surface area contributed by atoms with Gasteiger partial charge in [-0.15, -0.1) is 0 Å². The minimum atomic E-state index is -4.17. The van der Waals surface area contributed by atoms with E-state index in [-0.39, 0.29) is 6.42 Å². The second-order valence-corrected chi connectivity index (χ2v) is 2.44. The van der Waals surface area contributed by atoms with Gasteiger partial charge in [-0.3, -0.25) is 0 Å². The molecule has 0 heterocycles. The van der Waals surface area contributed by atoms with Crippen molar-refractivity contribution in [3.05, 3.63) is 24.1 Å². The Morgan fingerprint density at radius 1 is 1.33 bits per heavy atom. The lowest BCUT2D eigenvalue weighted by molar-refractivity contribution is -0.125. The summed E-state index contributed by atoms with van der Waals surface area (Å²) in [6.07, 6.45) is -2.33. The highest BCUT2D eigenvalue weighted by molar-refractivity contribution is 5.03. The third kappa shape index (κ3) is 7.31. The smallest absolute Gasteiger partial charge is 0.216 e. The molecule has 0 aliphatic rings. The van der Waals surface area contributed by atoms with Gasteiger partial charge in [-0.25, -0.2) is 4.39 Å². The van der Waals surface area contributed by atoms with Crippen LogP contribution in [-0.4, -0.2) is 6.18 Å². The van der Waals surface area contributed by atoms with Gasteiger partial charge in [0, 0.05) is 0 Å². The highest BCUT2D eigenvalue weighted by atomic mass is 19.4. The van der Waals surface area contributed by atoms with Crippen molar-refractivity contribution in [2.24, 2.45) is 0 Å². The van der Waals surface area contributed by atoms with E-state index in [1.165, 1.54) is 13.0 Å². The maximum atomic E-state index is 11.6. The summed E-state index contributed by atoms with van der Waals surface area (Å²) < 4.78 is 46.2. The third-order valence-corrected chi connectivity index (χ3v) is 1.21. The SMILES string of the molecule is C/C(=C\CC(F)(F)F)C/C=C/F. The Morgan fingerprint density at radius 3 is 2.33 bits per heavy atom. The van der Waals surface area contributed by atoms with Gasteiger partial charge in [0.15, 0.2) is 0 Å². The fraction of sp³-hybridized carbons (Fsp3) is 0.500. The Kier molecular flexibility index (Phi) is 4.62. The zero-order chi connectivity index (χ0) is 9.61. The van der Waals surface area contributed by atoms with E-state index in [1.54, 1.807) is 0 Å². The van der Waals surface area contributed by atoms with Crippen molar-refractivity contribution in [1.29, 1.82) is 0 Å². The number of hydrogen-bond acceptors (Lipinski definition) is 0. The fourth-order valence-electron chi connectivity index (χ4n) is 0.604. The van der Waals surface area contributed by atoms with E-state index < -0.39 is 12.6 Å². The van der Waals surface area contributed by atoms with Crippen molar-refractivity contribution < 1.29 is 17.6 Å². The molecule has 0 rings (SSSR count). The third-order valence-electron chi connectivity index (χ3n) is 1.21.